The normalized spacial score (nSPS) is 15.6. The maximum absolute atomic E-state index is 11.2. The molecule has 0 saturated heterocycles. The van der Waals surface area contributed by atoms with Crippen LogP contribution in [-0.2, 0) is 0 Å². The Bertz CT molecular complexity index is 587. The highest BCUT2D eigenvalue weighted by Gasteiger charge is 2.32. The summed E-state index contributed by atoms with van der Waals surface area (Å²) in [6, 6.07) is 3.65. The van der Waals surface area contributed by atoms with E-state index in [1.54, 1.807) is 10.6 Å². The second-order valence-corrected chi connectivity index (χ2v) is 4.91. The molecule has 1 N–H and O–H groups in total. The zero-order chi connectivity index (χ0) is 11.3. The molecule has 0 atom stereocenters. The Kier molecular flexibility index (Phi) is 2.04. The van der Waals surface area contributed by atoms with Crippen LogP contribution in [0, 0.1) is 0 Å². The fourth-order valence-corrected chi connectivity index (χ4v) is 2.22. The average molecular weight is 281 g/mol. The van der Waals surface area contributed by atoms with E-state index >= 15 is 0 Å². The number of hydrogen-bond acceptors (Lipinski definition) is 2. The van der Waals surface area contributed by atoms with Crippen LogP contribution in [0.25, 0.3) is 5.65 Å². The van der Waals surface area contributed by atoms with E-state index < -0.39 is 5.97 Å². The van der Waals surface area contributed by atoms with Crippen LogP contribution < -0.4 is 0 Å². The Morgan fingerprint density at radius 2 is 2.31 bits per heavy atom. The van der Waals surface area contributed by atoms with Crippen molar-refractivity contribution in [2.24, 2.45) is 0 Å². The third-order valence-electron chi connectivity index (χ3n) is 2.78. The van der Waals surface area contributed by atoms with E-state index in [9.17, 15) is 9.90 Å². The van der Waals surface area contributed by atoms with Crippen LogP contribution in [-0.4, -0.2) is 20.5 Å². The lowest BCUT2D eigenvalue weighted by molar-refractivity contribution is 0.0688. The molecule has 0 bridgehead atoms. The van der Waals surface area contributed by atoms with Gasteiger partial charge >= 0.3 is 5.97 Å². The van der Waals surface area contributed by atoms with Gasteiger partial charge in [0.15, 0.2) is 5.69 Å². The van der Waals surface area contributed by atoms with Crippen LogP contribution in [0.2, 0.25) is 0 Å². The third kappa shape index (κ3) is 1.43. The van der Waals surface area contributed by atoms with Gasteiger partial charge in [0.2, 0.25) is 0 Å². The molecule has 0 aromatic carbocycles. The quantitative estimate of drug-likeness (QED) is 0.920. The van der Waals surface area contributed by atoms with Crippen LogP contribution in [0.4, 0.5) is 0 Å². The van der Waals surface area contributed by atoms with Crippen LogP contribution in [0.3, 0.4) is 0 Å². The van der Waals surface area contributed by atoms with E-state index in [-0.39, 0.29) is 0 Å². The molecule has 82 valence electrons. The SMILES string of the molecule is O=C(O)c1c(C2CC2)nc2cc(Br)ccn12. The molecular weight excluding hydrogens is 272 g/mol. The number of rotatable bonds is 2. The summed E-state index contributed by atoms with van der Waals surface area (Å²) >= 11 is 3.36. The lowest BCUT2D eigenvalue weighted by atomic mass is 10.2. The standard InChI is InChI=1S/C11H9BrN2O2/c12-7-3-4-14-8(5-7)13-9(6-1-2-6)10(14)11(15)16/h3-6H,1-2H2,(H,15,16). The summed E-state index contributed by atoms with van der Waals surface area (Å²) in [5.74, 6) is -0.568. The molecule has 0 amide bonds. The van der Waals surface area contributed by atoms with Crippen molar-refractivity contribution in [3.63, 3.8) is 0 Å². The number of carboxylic acids is 1. The van der Waals surface area contributed by atoms with Gasteiger partial charge in [-0.25, -0.2) is 9.78 Å². The number of aromatic nitrogens is 2. The minimum Gasteiger partial charge on any atom is -0.477 e. The Labute approximate surface area is 100 Å². The highest BCUT2D eigenvalue weighted by molar-refractivity contribution is 9.10. The van der Waals surface area contributed by atoms with Crippen LogP contribution >= 0.6 is 15.9 Å². The minimum atomic E-state index is -0.906. The molecule has 0 aliphatic heterocycles. The molecule has 2 aromatic rings. The Balaban J connectivity index is 2.32. The molecule has 0 spiro atoms. The number of fused-ring (bicyclic) bond motifs is 1. The maximum Gasteiger partial charge on any atom is 0.354 e. The lowest BCUT2D eigenvalue weighted by Gasteiger charge is -1.98. The summed E-state index contributed by atoms with van der Waals surface area (Å²) in [5.41, 5.74) is 1.73. The van der Waals surface area contributed by atoms with Crippen molar-refractivity contribution in [2.75, 3.05) is 0 Å². The third-order valence-corrected chi connectivity index (χ3v) is 3.28. The van der Waals surface area contributed by atoms with Crippen molar-refractivity contribution < 1.29 is 9.90 Å². The summed E-state index contributed by atoms with van der Waals surface area (Å²) in [7, 11) is 0. The fraction of sp³-hybridized carbons (Fsp3) is 0.273. The van der Waals surface area contributed by atoms with Crippen LogP contribution in [0.5, 0.6) is 0 Å². The molecule has 5 heteroatoms. The molecule has 3 rings (SSSR count). The van der Waals surface area contributed by atoms with Gasteiger partial charge in [-0.2, -0.15) is 0 Å². The summed E-state index contributed by atoms with van der Waals surface area (Å²) in [4.78, 5) is 15.7. The van der Waals surface area contributed by atoms with E-state index in [4.69, 9.17) is 0 Å². The van der Waals surface area contributed by atoms with Gasteiger partial charge in [0.25, 0.3) is 0 Å². The lowest BCUT2D eigenvalue weighted by Crippen LogP contribution is -2.04. The van der Waals surface area contributed by atoms with Gasteiger partial charge in [0.05, 0.1) is 5.69 Å². The molecule has 1 aliphatic rings. The molecule has 1 fully saturated rings. The molecule has 2 aromatic heterocycles. The van der Waals surface area contributed by atoms with Crippen molar-refractivity contribution in [3.05, 3.63) is 34.2 Å². The van der Waals surface area contributed by atoms with Gasteiger partial charge < -0.3 is 5.11 Å². The van der Waals surface area contributed by atoms with Gasteiger partial charge in [0, 0.05) is 16.6 Å². The highest BCUT2D eigenvalue weighted by atomic mass is 79.9. The van der Waals surface area contributed by atoms with Gasteiger partial charge in [-0.1, -0.05) is 15.9 Å². The summed E-state index contributed by atoms with van der Waals surface area (Å²) < 4.78 is 2.55. The first-order valence-electron chi connectivity index (χ1n) is 5.07. The van der Waals surface area contributed by atoms with Crippen molar-refractivity contribution in [2.45, 2.75) is 18.8 Å². The Hall–Kier alpha value is -1.36. The first-order valence-corrected chi connectivity index (χ1v) is 5.87. The topological polar surface area (TPSA) is 54.6 Å². The molecular formula is C11H9BrN2O2. The van der Waals surface area contributed by atoms with Crippen LogP contribution in [0.15, 0.2) is 22.8 Å². The number of carbonyl (C=O) groups is 1. The maximum atomic E-state index is 11.2. The second kappa shape index (κ2) is 3.31. The average Bonchev–Trinajstić information content (AvgIpc) is 2.99. The number of aromatic carboxylic acids is 1. The molecule has 0 unspecified atom stereocenters. The summed E-state index contributed by atoms with van der Waals surface area (Å²) in [6.07, 6.45) is 3.83. The zero-order valence-electron chi connectivity index (χ0n) is 8.35. The molecule has 1 saturated carbocycles. The van der Waals surface area contributed by atoms with Gasteiger partial charge in [-0.15, -0.1) is 0 Å². The van der Waals surface area contributed by atoms with E-state index in [1.165, 1.54) is 0 Å². The highest BCUT2D eigenvalue weighted by Crippen LogP contribution is 2.41. The molecule has 16 heavy (non-hydrogen) atoms. The van der Waals surface area contributed by atoms with Crippen molar-refractivity contribution in [3.8, 4) is 0 Å². The summed E-state index contributed by atoms with van der Waals surface area (Å²) in [6.45, 7) is 0. The fourth-order valence-electron chi connectivity index (χ4n) is 1.89. The number of nitrogens with zero attached hydrogens (tertiary/aromatic N) is 2. The number of imidazole rings is 1. The number of carboxylic acid groups (broad SMARTS) is 1. The molecule has 1 aliphatic carbocycles. The smallest absolute Gasteiger partial charge is 0.354 e. The molecule has 0 radical (unpaired) electrons. The largest absolute Gasteiger partial charge is 0.477 e. The number of hydrogen-bond donors (Lipinski definition) is 1. The van der Waals surface area contributed by atoms with Gasteiger partial charge in [-0.05, 0) is 25.0 Å². The predicted octanol–water partition coefficient (Wildman–Crippen LogP) is 2.67. The first kappa shape index (κ1) is 9.84. The van der Waals surface area contributed by atoms with E-state index in [0.717, 1.165) is 23.0 Å². The van der Waals surface area contributed by atoms with Gasteiger partial charge in [-0.3, -0.25) is 4.40 Å². The Morgan fingerprint density at radius 1 is 1.56 bits per heavy atom. The van der Waals surface area contributed by atoms with E-state index in [2.05, 4.69) is 20.9 Å². The Morgan fingerprint density at radius 3 is 2.94 bits per heavy atom. The first-order chi connectivity index (χ1) is 7.66. The van der Waals surface area contributed by atoms with E-state index in [0.29, 0.717) is 17.3 Å². The zero-order valence-corrected chi connectivity index (χ0v) is 9.94. The van der Waals surface area contributed by atoms with E-state index in [1.807, 2.05) is 12.1 Å². The summed E-state index contributed by atoms with van der Waals surface area (Å²) in [5, 5.41) is 9.23. The number of halogens is 1. The predicted molar refractivity (Wildman–Crippen MR) is 61.8 cm³/mol. The molecule has 2 heterocycles. The second-order valence-electron chi connectivity index (χ2n) is 4.00. The van der Waals surface area contributed by atoms with Gasteiger partial charge in [0.1, 0.15) is 5.65 Å². The number of pyridine rings is 1. The van der Waals surface area contributed by atoms with Crippen LogP contribution in [0.1, 0.15) is 34.9 Å². The minimum absolute atomic E-state index is 0.310. The molecule has 4 nitrogen and oxygen atoms in total. The van der Waals surface area contributed by atoms with Crippen molar-refractivity contribution in [1.29, 1.82) is 0 Å². The van der Waals surface area contributed by atoms with Crippen molar-refractivity contribution >= 4 is 27.5 Å². The monoisotopic (exact) mass is 280 g/mol. The van der Waals surface area contributed by atoms with Crippen molar-refractivity contribution in [1.82, 2.24) is 9.38 Å².